The Morgan fingerprint density at radius 2 is 1.77 bits per heavy atom. The van der Waals surface area contributed by atoms with Crippen LogP contribution in [-0.4, -0.2) is 35.4 Å². The van der Waals surface area contributed by atoms with Crippen LogP contribution in [0.15, 0.2) is 42.5 Å². The highest BCUT2D eigenvalue weighted by Crippen LogP contribution is 2.24. The van der Waals surface area contributed by atoms with Crippen LogP contribution in [0.1, 0.15) is 43.7 Å². The molecule has 2 aromatic carbocycles. The Bertz CT molecular complexity index is 912. The van der Waals surface area contributed by atoms with E-state index >= 15 is 0 Å². The molecule has 0 saturated heterocycles. The molecule has 0 aliphatic heterocycles. The predicted octanol–water partition coefficient (Wildman–Crippen LogP) is 5.16. The maximum Gasteiger partial charge on any atom is 0.261 e. The van der Waals surface area contributed by atoms with Crippen molar-refractivity contribution in [2.75, 3.05) is 6.61 Å². The first-order valence-electron chi connectivity index (χ1n) is 10.6. The van der Waals surface area contributed by atoms with Gasteiger partial charge in [0.25, 0.3) is 5.91 Å². The van der Waals surface area contributed by atoms with Gasteiger partial charge in [-0.1, -0.05) is 59.8 Å². The van der Waals surface area contributed by atoms with Gasteiger partial charge in [-0.2, -0.15) is 0 Å². The number of rotatable bonds is 8. The molecule has 2 amide bonds. The minimum Gasteiger partial charge on any atom is -0.484 e. The van der Waals surface area contributed by atoms with Crippen molar-refractivity contribution in [3.05, 3.63) is 63.6 Å². The zero-order chi connectivity index (χ0) is 22.4. The number of amides is 2. The summed E-state index contributed by atoms with van der Waals surface area (Å²) in [6.45, 7) is 3.79. The molecule has 0 heterocycles. The third-order valence-electron chi connectivity index (χ3n) is 5.59. The van der Waals surface area contributed by atoms with Crippen LogP contribution in [0.2, 0.25) is 10.0 Å². The van der Waals surface area contributed by atoms with E-state index < -0.39 is 6.04 Å². The second-order valence-electron chi connectivity index (χ2n) is 8.04. The molecule has 1 fully saturated rings. The van der Waals surface area contributed by atoms with Crippen LogP contribution in [0, 0.1) is 6.92 Å². The quantitative estimate of drug-likeness (QED) is 0.589. The van der Waals surface area contributed by atoms with E-state index in [0.717, 1.165) is 36.8 Å². The van der Waals surface area contributed by atoms with Crippen molar-refractivity contribution in [1.29, 1.82) is 0 Å². The number of hydrogen-bond donors (Lipinski definition) is 1. The predicted molar refractivity (Wildman–Crippen MR) is 124 cm³/mol. The number of ether oxygens (including phenoxy) is 1. The summed E-state index contributed by atoms with van der Waals surface area (Å²) in [7, 11) is 0. The van der Waals surface area contributed by atoms with Crippen molar-refractivity contribution in [2.45, 2.75) is 58.2 Å². The summed E-state index contributed by atoms with van der Waals surface area (Å²) in [4.78, 5) is 27.5. The van der Waals surface area contributed by atoms with Gasteiger partial charge in [-0.15, -0.1) is 0 Å². The van der Waals surface area contributed by atoms with Gasteiger partial charge >= 0.3 is 0 Å². The van der Waals surface area contributed by atoms with Crippen molar-refractivity contribution in [2.24, 2.45) is 0 Å². The number of nitrogens with zero attached hydrogens (tertiary/aromatic N) is 1. The van der Waals surface area contributed by atoms with Crippen LogP contribution in [0.25, 0.3) is 0 Å². The van der Waals surface area contributed by atoms with Crippen LogP contribution in [-0.2, 0) is 16.1 Å². The van der Waals surface area contributed by atoms with Crippen molar-refractivity contribution >= 4 is 35.0 Å². The molecule has 0 spiro atoms. The summed E-state index contributed by atoms with van der Waals surface area (Å²) in [6.07, 6.45) is 4.21. The van der Waals surface area contributed by atoms with Gasteiger partial charge in [-0.25, -0.2) is 0 Å². The third-order valence-corrected chi connectivity index (χ3v) is 6.33. The SMILES string of the molecule is Cc1ccc(OCC(=O)N(Cc2ccc(Cl)c(Cl)c2)C(C)C(=O)NC2CCCC2)cc1. The largest absolute Gasteiger partial charge is 0.484 e. The first-order valence-corrected chi connectivity index (χ1v) is 11.3. The van der Waals surface area contributed by atoms with E-state index in [4.69, 9.17) is 27.9 Å². The van der Waals surface area contributed by atoms with E-state index in [1.54, 1.807) is 25.1 Å². The highest BCUT2D eigenvalue weighted by Gasteiger charge is 2.28. The van der Waals surface area contributed by atoms with Gasteiger partial charge in [0.1, 0.15) is 11.8 Å². The Kier molecular flexibility index (Phi) is 8.22. The lowest BCUT2D eigenvalue weighted by Crippen LogP contribution is -2.50. The topological polar surface area (TPSA) is 58.6 Å². The van der Waals surface area contributed by atoms with E-state index in [1.165, 1.54) is 4.90 Å². The highest BCUT2D eigenvalue weighted by molar-refractivity contribution is 6.42. The average Bonchev–Trinajstić information content (AvgIpc) is 3.26. The second-order valence-corrected chi connectivity index (χ2v) is 8.85. The molecule has 1 aliphatic carbocycles. The zero-order valence-electron chi connectivity index (χ0n) is 17.9. The number of nitrogens with one attached hydrogen (secondary N) is 1. The average molecular weight is 463 g/mol. The molecule has 1 saturated carbocycles. The number of benzene rings is 2. The van der Waals surface area contributed by atoms with E-state index in [1.807, 2.05) is 31.2 Å². The fourth-order valence-electron chi connectivity index (χ4n) is 3.67. The fourth-order valence-corrected chi connectivity index (χ4v) is 3.99. The molecule has 5 nitrogen and oxygen atoms in total. The lowest BCUT2D eigenvalue weighted by molar-refractivity contribution is -0.142. The molecule has 0 radical (unpaired) electrons. The van der Waals surface area contributed by atoms with E-state index in [0.29, 0.717) is 15.8 Å². The standard InChI is InChI=1S/C24H28Cl2N2O3/c1-16-7-10-20(11-8-16)31-15-23(29)28(14-18-9-12-21(25)22(26)13-18)17(2)24(30)27-19-5-3-4-6-19/h7-13,17,19H,3-6,14-15H2,1-2H3,(H,27,30). The molecule has 1 unspecified atom stereocenters. The first kappa shape index (κ1) is 23.4. The van der Waals surface area contributed by atoms with E-state index in [-0.39, 0.29) is 31.0 Å². The van der Waals surface area contributed by atoms with Crippen molar-refractivity contribution in [3.8, 4) is 5.75 Å². The fraction of sp³-hybridized carbons (Fsp3) is 0.417. The van der Waals surface area contributed by atoms with Crippen molar-refractivity contribution in [1.82, 2.24) is 10.2 Å². The molecule has 3 rings (SSSR count). The number of hydrogen-bond acceptors (Lipinski definition) is 3. The summed E-state index contributed by atoms with van der Waals surface area (Å²) in [5, 5.41) is 3.93. The van der Waals surface area contributed by atoms with Gasteiger partial charge in [0.15, 0.2) is 6.61 Å². The monoisotopic (exact) mass is 462 g/mol. The summed E-state index contributed by atoms with van der Waals surface area (Å²) in [6, 6.07) is 12.2. The van der Waals surface area contributed by atoms with Gasteiger partial charge < -0.3 is 15.0 Å². The summed E-state index contributed by atoms with van der Waals surface area (Å²) < 4.78 is 5.68. The molecule has 31 heavy (non-hydrogen) atoms. The minimum absolute atomic E-state index is 0.157. The van der Waals surface area contributed by atoms with Gasteiger partial charge in [0, 0.05) is 12.6 Å². The Hall–Kier alpha value is -2.24. The van der Waals surface area contributed by atoms with Crippen LogP contribution >= 0.6 is 23.2 Å². The first-order chi connectivity index (χ1) is 14.8. The molecule has 166 valence electrons. The maximum absolute atomic E-state index is 13.1. The lowest BCUT2D eigenvalue weighted by atomic mass is 10.1. The van der Waals surface area contributed by atoms with Crippen LogP contribution < -0.4 is 10.1 Å². The third kappa shape index (κ3) is 6.62. The molecular weight excluding hydrogens is 435 g/mol. The van der Waals surface area contributed by atoms with Gasteiger partial charge in [-0.05, 0) is 56.5 Å². The van der Waals surface area contributed by atoms with E-state index in [9.17, 15) is 9.59 Å². The van der Waals surface area contributed by atoms with Gasteiger partial charge in [0.2, 0.25) is 5.91 Å². The number of carbonyl (C=O) groups excluding carboxylic acids is 2. The smallest absolute Gasteiger partial charge is 0.261 e. The van der Waals surface area contributed by atoms with Crippen molar-refractivity contribution in [3.63, 3.8) is 0 Å². The van der Waals surface area contributed by atoms with Crippen LogP contribution in [0.5, 0.6) is 5.75 Å². The van der Waals surface area contributed by atoms with E-state index in [2.05, 4.69) is 5.32 Å². The second kappa shape index (κ2) is 10.9. The molecule has 0 bridgehead atoms. The molecule has 1 atom stereocenters. The zero-order valence-corrected chi connectivity index (χ0v) is 19.4. The number of halogens is 2. The lowest BCUT2D eigenvalue weighted by Gasteiger charge is -2.29. The van der Waals surface area contributed by atoms with Gasteiger partial charge in [-0.3, -0.25) is 9.59 Å². The molecule has 7 heteroatoms. The molecule has 1 aliphatic rings. The molecular formula is C24H28Cl2N2O3. The Morgan fingerprint density at radius 3 is 2.42 bits per heavy atom. The number of aryl methyl sites for hydroxylation is 1. The Morgan fingerprint density at radius 1 is 1.10 bits per heavy atom. The molecule has 1 N–H and O–H groups in total. The summed E-state index contributed by atoms with van der Waals surface area (Å²) in [5.41, 5.74) is 1.90. The number of carbonyl (C=O) groups is 2. The minimum atomic E-state index is -0.649. The molecule has 2 aromatic rings. The maximum atomic E-state index is 13.1. The summed E-state index contributed by atoms with van der Waals surface area (Å²) >= 11 is 12.2. The normalized spacial score (nSPS) is 14.8. The van der Waals surface area contributed by atoms with Crippen LogP contribution in [0.3, 0.4) is 0 Å². The van der Waals surface area contributed by atoms with Gasteiger partial charge in [0.05, 0.1) is 10.0 Å². The molecule has 0 aromatic heterocycles. The Labute approximate surface area is 193 Å². The summed E-state index contributed by atoms with van der Waals surface area (Å²) in [5.74, 6) is 0.174. The highest BCUT2D eigenvalue weighted by atomic mass is 35.5. The van der Waals surface area contributed by atoms with Crippen LogP contribution in [0.4, 0.5) is 0 Å². The van der Waals surface area contributed by atoms with Crippen molar-refractivity contribution < 1.29 is 14.3 Å². The Balaban J connectivity index is 1.72.